The van der Waals surface area contributed by atoms with Crippen LogP contribution in [0.25, 0.3) is 0 Å². The number of hydrogen-bond donors (Lipinski definition) is 1. The molecule has 0 radical (unpaired) electrons. The lowest BCUT2D eigenvalue weighted by Gasteiger charge is -2.39. The number of nitrogens with zero attached hydrogens (tertiary/aromatic N) is 4. The van der Waals surface area contributed by atoms with Crippen molar-refractivity contribution in [3.63, 3.8) is 0 Å². The summed E-state index contributed by atoms with van der Waals surface area (Å²) < 4.78 is 0. The minimum atomic E-state index is -0.886. The van der Waals surface area contributed by atoms with Crippen molar-refractivity contribution in [2.45, 2.75) is 39.7 Å². The number of piperidine rings is 1. The lowest BCUT2D eigenvalue weighted by atomic mass is 9.76. The molecule has 1 aromatic heterocycles. The fourth-order valence-corrected chi connectivity index (χ4v) is 2.72. The van der Waals surface area contributed by atoms with E-state index < -0.39 is 11.4 Å². The summed E-state index contributed by atoms with van der Waals surface area (Å²) in [6.45, 7) is 4.77. The molecule has 1 saturated heterocycles. The minimum Gasteiger partial charge on any atom is -0.481 e. The molecule has 7 heteroatoms. The number of carbonyl (C=O) groups excluding carboxylic acids is 1. The maximum absolute atomic E-state index is 12.3. The average molecular weight is 306 g/mol. The molecule has 0 aromatic carbocycles. The number of carboxylic acid groups (broad SMARTS) is 1. The fourth-order valence-electron chi connectivity index (χ4n) is 2.72. The van der Waals surface area contributed by atoms with Gasteiger partial charge in [-0.25, -0.2) is 0 Å². The first kappa shape index (κ1) is 16.2. The summed E-state index contributed by atoms with van der Waals surface area (Å²) in [4.78, 5) is 27.0. The van der Waals surface area contributed by atoms with E-state index in [1.165, 1.54) is 17.2 Å². The van der Waals surface area contributed by atoms with Crippen LogP contribution in [-0.4, -0.2) is 50.0 Å². The molecule has 0 bridgehead atoms. The molecule has 1 amide bonds. The van der Waals surface area contributed by atoms with Crippen molar-refractivity contribution in [2.75, 3.05) is 13.1 Å². The topological polar surface area (TPSA) is 88.3 Å². The van der Waals surface area contributed by atoms with Crippen molar-refractivity contribution in [1.29, 1.82) is 0 Å². The van der Waals surface area contributed by atoms with Crippen LogP contribution in [0.2, 0.25) is 0 Å². The Morgan fingerprint density at radius 3 is 2.59 bits per heavy atom. The Morgan fingerprint density at radius 1 is 1.32 bits per heavy atom. The normalized spacial score (nSPS) is 21.5. The van der Waals surface area contributed by atoms with Crippen LogP contribution >= 0.6 is 0 Å². The van der Waals surface area contributed by atoms with E-state index in [9.17, 15) is 14.7 Å². The SMILES string of the molecule is CC(C)=CCC1(C(=O)O)CCCN(C(=O)Cn2nccn2)C1. The number of hydrogen-bond acceptors (Lipinski definition) is 4. The summed E-state index contributed by atoms with van der Waals surface area (Å²) in [6.07, 6.45) is 6.71. The summed E-state index contributed by atoms with van der Waals surface area (Å²) in [6, 6.07) is 0. The molecule has 1 aliphatic heterocycles. The van der Waals surface area contributed by atoms with Gasteiger partial charge >= 0.3 is 5.97 Å². The minimum absolute atomic E-state index is 0.0470. The van der Waals surface area contributed by atoms with Gasteiger partial charge in [0, 0.05) is 13.1 Å². The van der Waals surface area contributed by atoms with E-state index in [-0.39, 0.29) is 19.0 Å². The second-order valence-electron chi connectivity index (χ2n) is 6.05. The Hall–Kier alpha value is -2.18. The predicted octanol–water partition coefficient (Wildman–Crippen LogP) is 1.33. The zero-order valence-corrected chi connectivity index (χ0v) is 13.0. The van der Waals surface area contributed by atoms with Gasteiger partial charge in [-0.3, -0.25) is 9.59 Å². The van der Waals surface area contributed by atoms with E-state index in [0.717, 1.165) is 5.57 Å². The van der Waals surface area contributed by atoms with Gasteiger partial charge in [0.1, 0.15) is 6.54 Å². The Kier molecular flexibility index (Phi) is 4.95. The van der Waals surface area contributed by atoms with E-state index >= 15 is 0 Å². The van der Waals surface area contributed by atoms with E-state index in [0.29, 0.717) is 25.8 Å². The molecular formula is C15H22N4O3. The molecule has 0 saturated carbocycles. The number of rotatable bonds is 5. The van der Waals surface area contributed by atoms with Crippen LogP contribution in [0.1, 0.15) is 33.1 Å². The van der Waals surface area contributed by atoms with Gasteiger partial charge in [0.2, 0.25) is 5.91 Å². The summed E-state index contributed by atoms with van der Waals surface area (Å²) in [5.41, 5.74) is 0.202. The zero-order valence-electron chi connectivity index (χ0n) is 13.0. The van der Waals surface area contributed by atoms with E-state index in [1.54, 1.807) is 4.90 Å². The summed E-state index contributed by atoms with van der Waals surface area (Å²) in [5, 5.41) is 17.5. The number of aromatic nitrogens is 3. The first-order valence-electron chi connectivity index (χ1n) is 7.42. The van der Waals surface area contributed by atoms with Crippen LogP contribution in [0, 0.1) is 5.41 Å². The average Bonchev–Trinajstić information content (AvgIpc) is 2.98. The van der Waals surface area contributed by atoms with Gasteiger partial charge in [-0.2, -0.15) is 15.0 Å². The Balaban J connectivity index is 2.09. The van der Waals surface area contributed by atoms with Crippen LogP contribution < -0.4 is 0 Å². The third kappa shape index (κ3) is 3.72. The molecular weight excluding hydrogens is 284 g/mol. The van der Waals surface area contributed by atoms with Crippen LogP contribution in [0.5, 0.6) is 0 Å². The molecule has 2 rings (SSSR count). The highest BCUT2D eigenvalue weighted by molar-refractivity contribution is 5.79. The van der Waals surface area contributed by atoms with Gasteiger partial charge in [0.25, 0.3) is 0 Å². The van der Waals surface area contributed by atoms with Crippen LogP contribution in [-0.2, 0) is 16.1 Å². The van der Waals surface area contributed by atoms with Gasteiger partial charge in [-0.15, -0.1) is 0 Å². The maximum Gasteiger partial charge on any atom is 0.311 e. The molecule has 1 aliphatic rings. The number of amides is 1. The van der Waals surface area contributed by atoms with Crippen molar-refractivity contribution in [3.05, 3.63) is 24.0 Å². The summed E-state index contributed by atoms with van der Waals surface area (Å²) >= 11 is 0. The molecule has 0 aliphatic carbocycles. The lowest BCUT2D eigenvalue weighted by Crippen LogP contribution is -2.50. The van der Waals surface area contributed by atoms with Crippen LogP contribution in [0.3, 0.4) is 0 Å². The number of carbonyl (C=O) groups is 2. The first-order valence-corrected chi connectivity index (χ1v) is 7.42. The number of likely N-dealkylation sites (tertiary alicyclic amines) is 1. The van der Waals surface area contributed by atoms with E-state index in [4.69, 9.17) is 0 Å². The maximum atomic E-state index is 12.3. The van der Waals surface area contributed by atoms with Crippen molar-refractivity contribution in [3.8, 4) is 0 Å². The van der Waals surface area contributed by atoms with E-state index in [2.05, 4.69) is 10.2 Å². The lowest BCUT2D eigenvalue weighted by molar-refractivity contribution is -0.154. The highest BCUT2D eigenvalue weighted by atomic mass is 16.4. The number of allylic oxidation sites excluding steroid dienone is 2. The first-order chi connectivity index (χ1) is 10.4. The second kappa shape index (κ2) is 6.72. The highest BCUT2D eigenvalue weighted by Crippen LogP contribution is 2.35. The van der Waals surface area contributed by atoms with Crippen LogP contribution in [0.15, 0.2) is 24.0 Å². The smallest absolute Gasteiger partial charge is 0.311 e. The molecule has 1 atom stereocenters. The molecule has 2 heterocycles. The molecule has 22 heavy (non-hydrogen) atoms. The van der Waals surface area contributed by atoms with Crippen molar-refractivity contribution in [1.82, 2.24) is 19.9 Å². The molecule has 7 nitrogen and oxygen atoms in total. The second-order valence-corrected chi connectivity index (χ2v) is 6.05. The summed E-state index contributed by atoms with van der Waals surface area (Å²) in [7, 11) is 0. The zero-order chi connectivity index (χ0) is 16.2. The van der Waals surface area contributed by atoms with Crippen molar-refractivity contribution >= 4 is 11.9 Å². The monoisotopic (exact) mass is 306 g/mol. The standard InChI is InChI=1S/C15H22N4O3/c1-12(2)4-6-15(14(21)22)5-3-9-18(11-15)13(20)10-19-16-7-8-17-19/h4,7-8H,3,5-6,9-11H2,1-2H3,(H,21,22). The van der Waals surface area contributed by atoms with Crippen molar-refractivity contribution in [2.24, 2.45) is 5.41 Å². The third-order valence-corrected chi connectivity index (χ3v) is 4.03. The Bertz CT molecular complexity index is 563. The number of carboxylic acids is 1. The largest absolute Gasteiger partial charge is 0.481 e. The molecule has 1 fully saturated rings. The molecule has 1 N–H and O–H groups in total. The predicted molar refractivity (Wildman–Crippen MR) is 80.0 cm³/mol. The van der Waals surface area contributed by atoms with Gasteiger partial charge in [0.15, 0.2) is 0 Å². The Morgan fingerprint density at radius 2 is 2.00 bits per heavy atom. The third-order valence-electron chi connectivity index (χ3n) is 4.03. The van der Waals surface area contributed by atoms with Gasteiger partial charge in [-0.1, -0.05) is 11.6 Å². The van der Waals surface area contributed by atoms with E-state index in [1.807, 2.05) is 19.9 Å². The Labute approximate surface area is 129 Å². The van der Waals surface area contributed by atoms with Crippen LogP contribution in [0.4, 0.5) is 0 Å². The van der Waals surface area contributed by atoms with Crippen molar-refractivity contribution < 1.29 is 14.7 Å². The molecule has 120 valence electrons. The fraction of sp³-hybridized carbons (Fsp3) is 0.600. The van der Waals surface area contributed by atoms with Gasteiger partial charge < -0.3 is 10.0 Å². The molecule has 1 aromatic rings. The molecule has 0 spiro atoms. The quantitative estimate of drug-likeness (QED) is 0.829. The number of aliphatic carboxylic acids is 1. The summed E-state index contributed by atoms with van der Waals surface area (Å²) in [5.74, 6) is -0.974. The molecule has 1 unspecified atom stereocenters. The van der Waals surface area contributed by atoms with Gasteiger partial charge in [0.05, 0.1) is 17.8 Å². The van der Waals surface area contributed by atoms with Gasteiger partial charge in [-0.05, 0) is 33.1 Å². The highest BCUT2D eigenvalue weighted by Gasteiger charge is 2.42.